The topological polar surface area (TPSA) is 72.2 Å². The number of Topliss-reactive ketones (excluding diaryl/α,β-unsaturated/α-hetero) is 1. The smallest absolute Gasteiger partial charge is 0.227 e. The van der Waals surface area contributed by atoms with Crippen molar-refractivity contribution in [3.63, 3.8) is 0 Å². The Morgan fingerprint density at radius 3 is 2.55 bits per heavy atom. The van der Waals surface area contributed by atoms with Crippen molar-refractivity contribution in [1.82, 2.24) is 0 Å². The Morgan fingerprint density at radius 1 is 1.10 bits per heavy atom. The molecule has 1 saturated carbocycles. The highest BCUT2D eigenvalue weighted by atomic mass is 16.2. The summed E-state index contributed by atoms with van der Waals surface area (Å²) in [6, 6.07) is 6.04. The van der Waals surface area contributed by atoms with Crippen molar-refractivity contribution in [2.75, 3.05) is 5.32 Å². The number of nitrogens with two attached hydrogens (primary N) is 1. The number of benzene rings is 1. The van der Waals surface area contributed by atoms with E-state index in [-0.39, 0.29) is 23.7 Å². The number of fused-ring (bicyclic) bond motifs is 1. The van der Waals surface area contributed by atoms with Crippen molar-refractivity contribution < 1.29 is 9.59 Å². The van der Waals surface area contributed by atoms with Crippen molar-refractivity contribution >= 4 is 17.4 Å². The number of carbonyl (C=O) groups excluding carboxylic acids is 2. The van der Waals surface area contributed by atoms with Crippen molar-refractivity contribution in [2.45, 2.75) is 44.6 Å². The molecule has 0 heterocycles. The molecule has 4 heteroatoms. The van der Waals surface area contributed by atoms with Crippen molar-refractivity contribution in [2.24, 2.45) is 11.7 Å². The summed E-state index contributed by atoms with van der Waals surface area (Å²) < 4.78 is 0. The predicted octanol–water partition coefficient (Wildman–Crippen LogP) is 1.81. The van der Waals surface area contributed by atoms with Gasteiger partial charge in [0.2, 0.25) is 5.91 Å². The van der Waals surface area contributed by atoms with E-state index < -0.39 is 0 Å². The molecule has 2 aliphatic rings. The monoisotopic (exact) mass is 272 g/mol. The first kappa shape index (κ1) is 13.3. The molecule has 0 saturated heterocycles. The number of carbonyl (C=O) groups is 2. The van der Waals surface area contributed by atoms with Gasteiger partial charge in [-0.25, -0.2) is 0 Å². The van der Waals surface area contributed by atoms with Gasteiger partial charge in [-0.05, 0) is 48.9 Å². The average molecular weight is 272 g/mol. The van der Waals surface area contributed by atoms with Gasteiger partial charge in [0.05, 0.1) is 0 Å². The molecule has 106 valence electrons. The van der Waals surface area contributed by atoms with Gasteiger partial charge >= 0.3 is 0 Å². The molecule has 0 unspecified atom stereocenters. The highest BCUT2D eigenvalue weighted by molar-refractivity contribution is 5.94. The summed E-state index contributed by atoms with van der Waals surface area (Å²) in [4.78, 5) is 23.6. The Morgan fingerprint density at radius 2 is 1.80 bits per heavy atom. The van der Waals surface area contributed by atoms with Gasteiger partial charge in [0.15, 0.2) is 0 Å². The van der Waals surface area contributed by atoms with Crippen molar-refractivity contribution in [3.8, 4) is 0 Å². The van der Waals surface area contributed by atoms with Crippen LogP contribution in [0.25, 0.3) is 0 Å². The molecular formula is C16H20N2O2. The molecule has 0 radical (unpaired) electrons. The zero-order valence-corrected chi connectivity index (χ0v) is 11.5. The van der Waals surface area contributed by atoms with E-state index in [4.69, 9.17) is 5.73 Å². The fourth-order valence-corrected chi connectivity index (χ4v) is 3.15. The average Bonchev–Trinajstić information content (AvgIpc) is 2.78. The lowest BCUT2D eigenvalue weighted by Gasteiger charge is -2.25. The molecule has 3 N–H and O–H groups in total. The molecular weight excluding hydrogens is 252 g/mol. The highest BCUT2D eigenvalue weighted by Crippen LogP contribution is 2.26. The van der Waals surface area contributed by atoms with Gasteiger partial charge in [-0.1, -0.05) is 6.07 Å². The second-order valence-electron chi connectivity index (χ2n) is 5.98. The maximum absolute atomic E-state index is 12.2. The summed E-state index contributed by atoms with van der Waals surface area (Å²) in [6.45, 7) is 0. The summed E-state index contributed by atoms with van der Waals surface area (Å²) >= 11 is 0. The van der Waals surface area contributed by atoms with Crippen LogP contribution in [-0.2, 0) is 22.4 Å². The van der Waals surface area contributed by atoms with Crippen LogP contribution in [-0.4, -0.2) is 17.7 Å². The van der Waals surface area contributed by atoms with E-state index in [1.165, 1.54) is 0 Å². The molecule has 0 spiro atoms. The summed E-state index contributed by atoms with van der Waals surface area (Å²) in [5, 5.41) is 2.98. The lowest BCUT2D eigenvalue weighted by molar-refractivity contribution is -0.121. The molecule has 1 aromatic carbocycles. The van der Waals surface area contributed by atoms with Gasteiger partial charge in [-0.2, -0.15) is 0 Å². The van der Waals surface area contributed by atoms with Crippen LogP contribution in [0.3, 0.4) is 0 Å². The van der Waals surface area contributed by atoms with Gasteiger partial charge < -0.3 is 11.1 Å². The summed E-state index contributed by atoms with van der Waals surface area (Å²) in [5.41, 5.74) is 8.81. The number of ketones is 1. The van der Waals surface area contributed by atoms with Crippen molar-refractivity contribution in [3.05, 3.63) is 29.3 Å². The predicted molar refractivity (Wildman–Crippen MR) is 77.4 cm³/mol. The van der Waals surface area contributed by atoms with E-state index in [9.17, 15) is 9.59 Å². The zero-order valence-electron chi connectivity index (χ0n) is 11.5. The lowest BCUT2D eigenvalue weighted by atomic mass is 9.86. The van der Waals surface area contributed by atoms with E-state index in [1.807, 2.05) is 18.2 Å². The van der Waals surface area contributed by atoms with Crippen molar-refractivity contribution in [1.29, 1.82) is 0 Å². The van der Waals surface area contributed by atoms with Crippen LogP contribution in [0.1, 0.15) is 36.8 Å². The van der Waals surface area contributed by atoms with E-state index in [1.54, 1.807) is 0 Å². The third-order valence-electron chi connectivity index (χ3n) is 4.39. The third-order valence-corrected chi connectivity index (χ3v) is 4.39. The van der Waals surface area contributed by atoms with Crippen LogP contribution in [0.2, 0.25) is 0 Å². The summed E-state index contributed by atoms with van der Waals surface area (Å²) in [7, 11) is 0. The number of hydrogen-bond donors (Lipinski definition) is 2. The molecule has 4 nitrogen and oxygen atoms in total. The van der Waals surface area contributed by atoms with Gasteiger partial charge in [0.25, 0.3) is 0 Å². The minimum absolute atomic E-state index is 0.0738. The Kier molecular flexibility index (Phi) is 3.57. The van der Waals surface area contributed by atoms with Gasteiger partial charge in [0.1, 0.15) is 5.78 Å². The van der Waals surface area contributed by atoms with E-state index >= 15 is 0 Å². The first-order valence-corrected chi connectivity index (χ1v) is 7.32. The number of hydrogen-bond acceptors (Lipinski definition) is 3. The summed E-state index contributed by atoms with van der Waals surface area (Å²) in [6.07, 6.45) is 4.63. The molecule has 1 amide bonds. The molecule has 0 bridgehead atoms. The molecule has 0 aromatic heterocycles. The number of amides is 1. The molecule has 1 aromatic rings. The lowest BCUT2D eigenvalue weighted by Crippen LogP contribution is -2.32. The molecule has 0 aliphatic heterocycles. The second kappa shape index (κ2) is 5.37. The van der Waals surface area contributed by atoms with Crippen LogP contribution in [0.5, 0.6) is 0 Å². The Bertz CT molecular complexity index is 545. The normalized spacial score (nSPS) is 25.4. The Labute approximate surface area is 118 Å². The van der Waals surface area contributed by atoms with Crippen LogP contribution >= 0.6 is 0 Å². The maximum Gasteiger partial charge on any atom is 0.227 e. The van der Waals surface area contributed by atoms with E-state index in [0.717, 1.165) is 42.5 Å². The minimum atomic E-state index is 0.0738. The van der Waals surface area contributed by atoms with Gasteiger partial charge in [-0.15, -0.1) is 0 Å². The number of rotatable bonds is 2. The van der Waals surface area contributed by atoms with Crippen LogP contribution in [0, 0.1) is 5.92 Å². The first-order valence-electron chi connectivity index (χ1n) is 7.32. The maximum atomic E-state index is 12.2. The standard InChI is InChI=1S/C16H20N2O2/c17-13-4-1-10(2-5-13)16(20)18-14-6-3-11-8-15(19)9-12(11)7-14/h3,6-7,10,13H,1-2,4-5,8-9,17H2,(H,18,20). The second-order valence-corrected chi connectivity index (χ2v) is 5.98. The largest absolute Gasteiger partial charge is 0.328 e. The van der Waals surface area contributed by atoms with Crippen LogP contribution < -0.4 is 11.1 Å². The fraction of sp³-hybridized carbons (Fsp3) is 0.500. The fourth-order valence-electron chi connectivity index (χ4n) is 3.15. The molecule has 2 aliphatic carbocycles. The summed E-state index contributed by atoms with van der Waals surface area (Å²) in [5.74, 6) is 0.413. The Balaban J connectivity index is 1.65. The van der Waals surface area contributed by atoms with Crippen LogP contribution in [0.4, 0.5) is 5.69 Å². The number of nitrogens with one attached hydrogen (secondary N) is 1. The Hall–Kier alpha value is -1.68. The molecule has 0 atom stereocenters. The van der Waals surface area contributed by atoms with Gasteiger partial charge in [-0.3, -0.25) is 9.59 Å². The zero-order chi connectivity index (χ0) is 14.1. The van der Waals surface area contributed by atoms with Gasteiger partial charge in [0, 0.05) is 30.5 Å². The molecule has 3 rings (SSSR count). The molecule has 1 fully saturated rings. The quantitative estimate of drug-likeness (QED) is 0.862. The minimum Gasteiger partial charge on any atom is -0.328 e. The van der Waals surface area contributed by atoms with Crippen LogP contribution in [0.15, 0.2) is 18.2 Å². The number of anilines is 1. The first-order chi connectivity index (χ1) is 9.61. The SMILES string of the molecule is NC1CCC(C(=O)Nc2ccc3c(c2)CC(=O)C3)CC1. The van der Waals surface area contributed by atoms with E-state index in [2.05, 4.69) is 5.32 Å². The third kappa shape index (κ3) is 2.75. The molecule has 20 heavy (non-hydrogen) atoms. The van der Waals surface area contributed by atoms with E-state index in [0.29, 0.717) is 12.8 Å². The highest BCUT2D eigenvalue weighted by Gasteiger charge is 2.25.